The van der Waals surface area contributed by atoms with Crippen molar-refractivity contribution in [1.82, 2.24) is 14.8 Å². The fraction of sp³-hybridized carbons (Fsp3) is 0.440. The van der Waals surface area contributed by atoms with Gasteiger partial charge in [0.05, 0.1) is 15.9 Å². The molecule has 7 heteroatoms. The van der Waals surface area contributed by atoms with E-state index in [4.69, 9.17) is 4.74 Å². The van der Waals surface area contributed by atoms with Gasteiger partial charge in [-0.2, -0.15) is 0 Å². The van der Waals surface area contributed by atoms with Crippen LogP contribution in [0.15, 0.2) is 42.5 Å². The normalized spacial score (nSPS) is 22.8. The van der Waals surface area contributed by atoms with Crippen LogP contribution in [0.3, 0.4) is 0 Å². The lowest BCUT2D eigenvalue weighted by atomic mass is 9.65. The Balaban J connectivity index is 1.45. The van der Waals surface area contributed by atoms with Gasteiger partial charge in [-0.05, 0) is 44.0 Å². The summed E-state index contributed by atoms with van der Waals surface area (Å²) in [5, 5.41) is 9.22. The minimum atomic E-state index is -0.371. The van der Waals surface area contributed by atoms with Gasteiger partial charge >= 0.3 is 5.97 Å². The summed E-state index contributed by atoms with van der Waals surface area (Å²) in [4.78, 5) is 26.4. The zero-order valence-electron chi connectivity index (χ0n) is 18.3. The molecule has 0 radical (unpaired) electrons. The van der Waals surface area contributed by atoms with E-state index in [1.165, 1.54) is 24.2 Å². The first-order valence-corrected chi connectivity index (χ1v) is 12.2. The van der Waals surface area contributed by atoms with Crippen LogP contribution < -0.4 is 0 Å². The Morgan fingerprint density at radius 1 is 1.03 bits per heavy atom. The van der Waals surface area contributed by atoms with E-state index in [9.17, 15) is 9.59 Å². The number of carbonyl (C=O) groups is 2. The second-order valence-electron chi connectivity index (χ2n) is 8.86. The summed E-state index contributed by atoms with van der Waals surface area (Å²) in [6, 6.07) is 13.0. The topological polar surface area (TPSA) is 74.1 Å². The maximum absolute atomic E-state index is 12.6. The molecule has 5 rings (SSSR count). The molecule has 0 spiro atoms. The van der Waals surface area contributed by atoms with E-state index >= 15 is 0 Å². The van der Waals surface area contributed by atoms with Crippen molar-refractivity contribution in [2.24, 2.45) is 0 Å². The van der Waals surface area contributed by atoms with Crippen LogP contribution >= 0.6 is 11.3 Å². The van der Waals surface area contributed by atoms with E-state index in [-0.39, 0.29) is 23.3 Å². The fourth-order valence-electron chi connectivity index (χ4n) is 4.89. The number of fused-ring (bicyclic) bond motifs is 1. The number of aryl methyl sites for hydroxylation is 1. The van der Waals surface area contributed by atoms with Crippen LogP contribution in [0.1, 0.15) is 82.0 Å². The standard InChI is InChI=1S/C25H27N3O3S/c1-17(29)20-12-13-21(32-20)25(24-27-26-22-11-7-2-3-8-14-28(22)24)15-19(16-25)31-23(30)18-9-5-4-6-10-18/h4-6,9-10,12-13,19H,2-3,7-8,11,14-16H2,1H3. The molecular weight excluding hydrogens is 422 g/mol. The second kappa shape index (κ2) is 8.62. The number of thiophene rings is 1. The van der Waals surface area contributed by atoms with Gasteiger partial charge in [0.1, 0.15) is 17.8 Å². The van der Waals surface area contributed by atoms with E-state index in [0.29, 0.717) is 18.4 Å². The first kappa shape index (κ1) is 21.1. The Hall–Kier alpha value is -2.80. The molecule has 0 bridgehead atoms. The third kappa shape index (κ3) is 3.79. The number of ether oxygens (including phenoxy) is 1. The smallest absolute Gasteiger partial charge is 0.338 e. The molecule has 1 aromatic carbocycles. The van der Waals surface area contributed by atoms with E-state index in [0.717, 1.165) is 47.2 Å². The molecule has 0 N–H and O–H groups in total. The molecule has 1 aliphatic carbocycles. The Labute approximate surface area is 191 Å². The van der Waals surface area contributed by atoms with Gasteiger partial charge < -0.3 is 9.30 Å². The molecule has 1 saturated carbocycles. The van der Waals surface area contributed by atoms with Gasteiger partial charge in [-0.1, -0.05) is 31.0 Å². The van der Waals surface area contributed by atoms with Crippen LogP contribution in [0.25, 0.3) is 0 Å². The van der Waals surface area contributed by atoms with Gasteiger partial charge in [0, 0.05) is 30.7 Å². The summed E-state index contributed by atoms with van der Waals surface area (Å²) in [5.41, 5.74) is 0.192. The van der Waals surface area contributed by atoms with Crippen molar-refractivity contribution in [3.8, 4) is 0 Å². The number of carbonyl (C=O) groups excluding carboxylic acids is 2. The second-order valence-corrected chi connectivity index (χ2v) is 9.94. The third-order valence-electron chi connectivity index (χ3n) is 6.65. The molecular formula is C25H27N3O3S. The average Bonchev–Trinajstić information content (AvgIpc) is 3.39. The highest BCUT2D eigenvalue weighted by molar-refractivity contribution is 7.14. The predicted octanol–water partition coefficient (Wildman–Crippen LogP) is 4.96. The van der Waals surface area contributed by atoms with Gasteiger partial charge in [-0.3, -0.25) is 4.79 Å². The SMILES string of the molecule is CC(=O)c1ccc(C2(c3nnc4n3CCCCCC4)CC(OC(=O)c3ccccc3)C2)s1. The number of ketones is 1. The highest BCUT2D eigenvalue weighted by atomic mass is 32.1. The summed E-state index contributed by atoms with van der Waals surface area (Å²) in [5.74, 6) is 1.78. The monoisotopic (exact) mass is 449 g/mol. The molecule has 2 aliphatic rings. The number of Topliss-reactive ketones (excluding diaryl/α,β-unsaturated/α-hetero) is 1. The molecule has 1 fully saturated rings. The highest BCUT2D eigenvalue weighted by Gasteiger charge is 2.53. The van der Waals surface area contributed by atoms with Crippen molar-refractivity contribution in [2.75, 3.05) is 0 Å². The van der Waals surface area contributed by atoms with Crippen LogP contribution in [0, 0.1) is 0 Å². The van der Waals surface area contributed by atoms with Crippen molar-refractivity contribution < 1.29 is 14.3 Å². The quantitative estimate of drug-likeness (QED) is 0.406. The first-order valence-electron chi connectivity index (χ1n) is 11.4. The van der Waals surface area contributed by atoms with Crippen LogP contribution in [0.4, 0.5) is 0 Å². The Morgan fingerprint density at radius 2 is 1.81 bits per heavy atom. The lowest BCUT2D eigenvalue weighted by Gasteiger charge is -2.45. The molecule has 0 saturated heterocycles. The molecule has 0 amide bonds. The van der Waals surface area contributed by atoms with Crippen LogP contribution in [0.2, 0.25) is 0 Å². The molecule has 2 aromatic heterocycles. The first-order chi connectivity index (χ1) is 15.6. The summed E-state index contributed by atoms with van der Waals surface area (Å²) < 4.78 is 8.12. The molecule has 0 atom stereocenters. The maximum Gasteiger partial charge on any atom is 0.338 e. The number of rotatable bonds is 5. The molecule has 3 aromatic rings. The van der Waals surface area contributed by atoms with E-state index in [1.807, 2.05) is 30.3 Å². The summed E-state index contributed by atoms with van der Waals surface area (Å²) in [6.07, 6.45) is 6.76. The summed E-state index contributed by atoms with van der Waals surface area (Å²) >= 11 is 1.53. The molecule has 0 unspecified atom stereocenters. The zero-order valence-corrected chi connectivity index (χ0v) is 19.1. The maximum atomic E-state index is 12.6. The number of aromatic nitrogens is 3. The van der Waals surface area contributed by atoms with E-state index in [2.05, 4.69) is 14.8 Å². The van der Waals surface area contributed by atoms with E-state index in [1.54, 1.807) is 19.1 Å². The van der Waals surface area contributed by atoms with Crippen molar-refractivity contribution in [1.29, 1.82) is 0 Å². The van der Waals surface area contributed by atoms with Gasteiger partial charge in [0.25, 0.3) is 0 Å². The van der Waals surface area contributed by atoms with Gasteiger partial charge in [0.15, 0.2) is 5.78 Å². The Kier molecular flexibility index (Phi) is 5.67. The number of hydrogen-bond acceptors (Lipinski definition) is 6. The van der Waals surface area contributed by atoms with Crippen molar-refractivity contribution in [3.63, 3.8) is 0 Å². The van der Waals surface area contributed by atoms with Gasteiger partial charge in [-0.25, -0.2) is 4.79 Å². The molecule has 32 heavy (non-hydrogen) atoms. The van der Waals surface area contributed by atoms with Crippen molar-refractivity contribution in [2.45, 2.75) is 69.9 Å². The van der Waals surface area contributed by atoms with Gasteiger partial charge in [0.2, 0.25) is 0 Å². The summed E-state index contributed by atoms with van der Waals surface area (Å²) in [7, 11) is 0. The van der Waals surface area contributed by atoms with Gasteiger partial charge in [-0.15, -0.1) is 21.5 Å². The molecule has 6 nitrogen and oxygen atoms in total. The van der Waals surface area contributed by atoms with Crippen LogP contribution in [0.5, 0.6) is 0 Å². The number of benzene rings is 1. The lowest BCUT2D eigenvalue weighted by molar-refractivity contribution is -0.0153. The molecule has 3 heterocycles. The molecule has 1 aliphatic heterocycles. The van der Waals surface area contributed by atoms with Crippen LogP contribution in [-0.2, 0) is 23.1 Å². The minimum Gasteiger partial charge on any atom is -0.459 e. The Bertz CT molecular complexity index is 1130. The number of hydrogen-bond donors (Lipinski definition) is 0. The molecule has 166 valence electrons. The Morgan fingerprint density at radius 3 is 2.56 bits per heavy atom. The number of esters is 1. The largest absolute Gasteiger partial charge is 0.459 e. The highest BCUT2D eigenvalue weighted by Crippen LogP contribution is 2.52. The third-order valence-corrected chi connectivity index (χ3v) is 8.04. The fourth-order valence-corrected chi connectivity index (χ4v) is 5.99. The lowest BCUT2D eigenvalue weighted by Crippen LogP contribution is -2.49. The minimum absolute atomic E-state index is 0.0688. The van der Waals surface area contributed by atoms with E-state index < -0.39 is 0 Å². The van der Waals surface area contributed by atoms with Crippen LogP contribution in [-0.4, -0.2) is 32.6 Å². The van der Waals surface area contributed by atoms with Crippen molar-refractivity contribution in [3.05, 3.63) is 69.4 Å². The number of nitrogens with zero attached hydrogens (tertiary/aromatic N) is 3. The zero-order chi connectivity index (χ0) is 22.1. The average molecular weight is 450 g/mol. The van der Waals surface area contributed by atoms with Crippen molar-refractivity contribution >= 4 is 23.1 Å². The summed E-state index contributed by atoms with van der Waals surface area (Å²) in [6.45, 7) is 2.51. The predicted molar refractivity (Wildman–Crippen MR) is 122 cm³/mol.